The van der Waals surface area contributed by atoms with Crippen molar-refractivity contribution in [3.05, 3.63) is 29.2 Å². The first-order chi connectivity index (χ1) is 9.12. The van der Waals surface area contributed by atoms with Crippen molar-refractivity contribution in [2.75, 3.05) is 0 Å². The second kappa shape index (κ2) is 3.96. The molecule has 2 heterocycles. The zero-order valence-corrected chi connectivity index (χ0v) is 12.8. The Bertz CT molecular complexity index is 688. The van der Waals surface area contributed by atoms with E-state index in [1.54, 1.807) is 18.2 Å². The predicted octanol–water partition coefficient (Wildman–Crippen LogP) is 1.74. The maximum Gasteiger partial charge on any atom is 0.494 e. The average molecular weight is 292 g/mol. The molecule has 20 heavy (non-hydrogen) atoms. The summed E-state index contributed by atoms with van der Waals surface area (Å²) >= 11 is 0. The van der Waals surface area contributed by atoms with Crippen molar-refractivity contribution in [3.8, 4) is 0 Å². The van der Waals surface area contributed by atoms with Gasteiger partial charge >= 0.3 is 7.12 Å². The van der Waals surface area contributed by atoms with Gasteiger partial charge in [-0.1, -0.05) is 12.1 Å². The molecular weight excluding hydrogens is 275 g/mol. The number of sulfone groups is 1. The third kappa shape index (κ3) is 1.94. The summed E-state index contributed by atoms with van der Waals surface area (Å²) in [6.07, 6.45) is 1.61. The molecule has 1 saturated heterocycles. The van der Waals surface area contributed by atoms with Gasteiger partial charge in [0.2, 0.25) is 0 Å². The van der Waals surface area contributed by atoms with Crippen molar-refractivity contribution in [1.29, 1.82) is 0 Å². The van der Waals surface area contributed by atoms with Crippen molar-refractivity contribution in [2.45, 2.75) is 43.8 Å². The quantitative estimate of drug-likeness (QED) is 0.740. The van der Waals surface area contributed by atoms with Crippen LogP contribution >= 0.6 is 0 Å². The Labute approximate surface area is 119 Å². The maximum absolute atomic E-state index is 11.9. The highest BCUT2D eigenvalue weighted by molar-refractivity contribution is 7.94. The average Bonchev–Trinajstić information content (AvgIpc) is 2.74. The standard InChI is InChI=1S/C14H17BO4S/c1-13(2)14(3,4)19-15(18-13)11-6-5-10-7-8-20(16,17)12(10)9-11/h5-9H,1-4H3. The van der Waals surface area contributed by atoms with E-state index in [4.69, 9.17) is 9.31 Å². The lowest BCUT2D eigenvalue weighted by Gasteiger charge is -2.32. The molecule has 4 nitrogen and oxygen atoms in total. The number of rotatable bonds is 1. The Morgan fingerprint density at radius 3 is 2.25 bits per heavy atom. The predicted molar refractivity (Wildman–Crippen MR) is 78.4 cm³/mol. The Hall–Kier alpha value is -1.11. The van der Waals surface area contributed by atoms with E-state index in [-0.39, 0.29) is 0 Å². The molecule has 3 rings (SSSR count). The zero-order valence-electron chi connectivity index (χ0n) is 12.0. The Morgan fingerprint density at radius 2 is 1.65 bits per heavy atom. The summed E-state index contributed by atoms with van der Waals surface area (Å²) in [5.74, 6) is 0. The van der Waals surface area contributed by atoms with Crippen LogP contribution in [-0.4, -0.2) is 26.7 Å². The smallest absolute Gasteiger partial charge is 0.399 e. The summed E-state index contributed by atoms with van der Waals surface area (Å²) in [4.78, 5) is 0.324. The normalized spacial score (nSPS) is 24.9. The lowest BCUT2D eigenvalue weighted by molar-refractivity contribution is 0.00578. The zero-order chi connectivity index (χ0) is 14.8. The van der Waals surface area contributed by atoms with Gasteiger partial charge in [-0.2, -0.15) is 0 Å². The van der Waals surface area contributed by atoms with E-state index < -0.39 is 28.2 Å². The van der Waals surface area contributed by atoms with Gasteiger partial charge in [0.1, 0.15) is 0 Å². The van der Waals surface area contributed by atoms with Crippen LogP contribution in [0.15, 0.2) is 28.5 Å². The largest absolute Gasteiger partial charge is 0.494 e. The highest BCUT2D eigenvalue weighted by Gasteiger charge is 2.51. The molecule has 106 valence electrons. The molecule has 1 aromatic carbocycles. The van der Waals surface area contributed by atoms with Gasteiger partial charge in [-0.3, -0.25) is 0 Å². The van der Waals surface area contributed by atoms with Crippen LogP contribution in [0, 0.1) is 0 Å². The van der Waals surface area contributed by atoms with Crippen LogP contribution in [0.1, 0.15) is 33.3 Å². The molecule has 0 atom stereocenters. The third-order valence-electron chi connectivity index (χ3n) is 4.30. The number of hydrogen-bond donors (Lipinski definition) is 0. The van der Waals surface area contributed by atoms with Gasteiger partial charge in [0, 0.05) is 5.41 Å². The first-order valence-corrected chi connectivity index (χ1v) is 8.10. The molecular formula is C14H17BO4S. The molecule has 6 heteroatoms. The van der Waals surface area contributed by atoms with E-state index in [0.717, 1.165) is 5.46 Å². The van der Waals surface area contributed by atoms with Gasteiger partial charge in [0.25, 0.3) is 0 Å². The maximum atomic E-state index is 11.9. The molecule has 0 spiro atoms. The van der Waals surface area contributed by atoms with Gasteiger partial charge in [0.05, 0.1) is 16.1 Å². The fourth-order valence-electron chi connectivity index (χ4n) is 2.30. The number of hydrogen-bond acceptors (Lipinski definition) is 4. The molecule has 0 radical (unpaired) electrons. The first-order valence-electron chi connectivity index (χ1n) is 6.55. The van der Waals surface area contributed by atoms with Crippen molar-refractivity contribution in [2.24, 2.45) is 0 Å². The Kier molecular flexibility index (Phi) is 2.75. The molecule has 0 saturated carbocycles. The molecule has 0 aliphatic carbocycles. The van der Waals surface area contributed by atoms with E-state index in [0.29, 0.717) is 10.5 Å². The molecule has 0 unspecified atom stereocenters. The van der Waals surface area contributed by atoms with Crippen LogP contribution in [0.25, 0.3) is 6.08 Å². The summed E-state index contributed by atoms with van der Waals surface area (Å²) < 4.78 is 35.7. The minimum Gasteiger partial charge on any atom is -0.399 e. The molecule has 0 aromatic heterocycles. The van der Waals surface area contributed by atoms with E-state index in [9.17, 15) is 8.42 Å². The minimum absolute atomic E-state index is 0.324. The van der Waals surface area contributed by atoms with Crippen LogP contribution in [0.4, 0.5) is 0 Å². The van der Waals surface area contributed by atoms with Gasteiger partial charge in [-0.15, -0.1) is 0 Å². The van der Waals surface area contributed by atoms with Crippen LogP contribution in [0.5, 0.6) is 0 Å². The van der Waals surface area contributed by atoms with Crippen molar-refractivity contribution < 1.29 is 17.7 Å². The van der Waals surface area contributed by atoms with Gasteiger partial charge in [-0.25, -0.2) is 8.42 Å². The molecule has 2 aliphatic rings. The van der Waals surface area contributed by atoms with Crippen molar-refractivity contribution in [1.82, 2.24) is 0 Å². The lowest BCUT2D eigenvalue weighted by atomic mass is 9.79. The van der Waals surface area contributed by atoms with Crippen molar-refractivity contribution >= 4 is 28.5 Å². The van der Waals surface area contributed by atoms with Gasteiger partial charge in [0.15, 0.2) is 9.84 Å². The lowest BCUT2D eigenvalue weighted by Crippen LogP contribution is -2.41. The minimum atomic E-state index is -3.31. The number of fused-ring (bicyclic) bond motifs is 1. The fraction of sp³-hybridized carbons (Fsp3) is 0.429. The molecule has 0 bridgehead atoms. The Morgan fingerprint density at radius 1 is 1.05 bits per heavy atom. The van der Waals surface area contributed by atoms with Crippen molar-refractivity contribution in [3.63, 3.8) is 0 Å². The first kappa shape index (κ1) is 13.9. The van der Waals surface area contributed by atoms with Crippen LogP contribution in [0.2, 0.25) is 0 Å². The SMILES string of the molecule is CC1(C)OB(c2ccc3c(c2)S(=O)(=O)C=C3)OC1(C)C. The summed E-state index contributed by atoms with van der Waals surface area (Å²) in [5, 5.41) is 1.23. The van der Waals surface area contributed by atoms with Crippen LogP contribution in [-0.2, 0) is 19.1 Å². The summed E-state index contributed by atoms with van der Waals surface area (Å²) in [6.45, 7) is 7.88. The highest BCUT2D eigenvalue weighted by atomic mass is 32.2. The van der Waals surface area contributed by atoms with E-state index in [1.165, 1.54) is 5.41 Å². The molecule has 0 N–H and O–H groups in total. The molecule has 0 amide bonds. The summed E-state index contributed by atoms with van der Waals surface area (Å²) in [6, 6.07) is 5.29. The fourth-order valence-corrected chi connectivity index (χ4v) is 3.53. The van der Waals surface area contributed by atoms with Crippen LogP contribution in [0.3, 0.4) is 0 Å². The number of benzene rings is 1. The third-order valence-corrected chi connectivity index (χ3v) is 5.76. The second-order valence-corrected chi connectivity index (χ2v) is 8.04. The molecule has 1 aromatic rings. The molecule has 1 fully saturated rings. The second-order valence-electron chi connectivity index (χ2n) is 6.23. The van der Waals surface area contributed by atoms with Crippen LogP contribution < -0.4 is 5.46 Å². The highest BCUT2D eigenvalue weighted by Crippen LogP contribution is 2.37. The van der Waals surface area contributed by atoms with E-state index >= 15 is 0 Å². The molecule has 2 aliphatic heterocycles. The monoisotopic (exact) mass is 292 g/mol. The summed E-state index contributed by atoms with van der Waals surface area (Å²) in [7, 11) is -3.85. The van der Waals surface area contributed by atoms with E-state index in [1.807, 2.05) is 33.8 Å². The van der Waals surface area contributed by atoms with E-state index in [2.05, 4.69) is 0 Å². The summed E-state index contributed by atoms with van der Waals surface area (Å²) in [5.41, 5.74) is 0.571. The topological polar surface area (TPSA) is 52.6 Å². The van der Waals surface area contributed by atoms with Gasteiger partial charge in [-0.05, 0) is 50.9 Å². The Balaban J connectivity index is 1.99. The van der Waals surface area contributed by atoms with Gasteiger partial charge < -0.3 is 9.31 Å².